The molecular formula is C24H30Cl2N2O2S. The number of nitrogens with zero attached hydrogens (tertiary/aromatic N) is 1. The number of halogens is 2. The highest BCUT2D eigenvalue weighted by atomic mass is 35.5. The zero-order valence-corrected chi connectivity index (χ0v) is 20.6. The van der Waals surface area contributed by atoms with E-state index in [0.29, 0.717) is 28.8 Å². The molecule has 31 heavy (non-hydrogen) atoms. The van der Waals surface area contributed by atoms with E-state index < -0.39 is 6.04 Å². The second kappa shape index (κ2) is 13.0. The molecule has 0 aliphatic rings. The van der Waals surface area contributed by atoms with E-state index in [9.17, 15) is 9.59 Å². The van der Waals surface area contributed by atoms with Crippen LogP contribution in [0.3, 0.4) is 0 Å². The Bertz CT molecular complexity index is 878. The fraction of sp³-hybridized carbons (Fsp3) is 0.417. The molecule has 0 bridgehead atoms. The van der Waals surface area contributed by atoms with Crippen LogP contribution in [0.15, 0.2) is 48.5 Å². The van der Waals surface area contributed by atoms with Crippen LogP contribution in [-0.2, 0) is 21.9 Å². The highest BCUT2D eigenvalue weighted by molar-refractivity contribution is 7.99. The zero-order chi connectivity index (χ0) is 22.8. The van der Waals surface area contributed by atoms with Gasteiger partial charge < -0.3 is 10.2 Å². The van der Waals surface area contributed by atoms with Gasteiger partial charge in [0.15, 0.2) is 0 Å². The van der Waals surface area contributed by atoms with Gasteiger partial charge in [-0.1, -0.05) is 67.4 Å². The lowest BCUT2D eigenvalue weighted by Gasteiger charge is -2.31. The predicted octanol–water partition coefficient (Wildman–Crippen LogP) is 5.95. The van der Waals surface area contributed by atoms with E-state index in [1.807, 2.05) is 63.2 Å². The van der Waals surface area contributed by atoms with E-state index in [0.717, 1.165) is 17.5 Å². The highest BCUT2D eigenvalue weighted by Gasteiger charge is 2.29. The normalized spacial score (nSPS) is 12.8. The first-order chi connectivity index (χ1) is 14.8. The second-order valence-corrected chi connectivity index (χ2v) is 9.31. The average molecular weight is 481 g/mol. The SMILES string of the molecule is CCC(C)NC(=O)C(CC)N(Cc1ccccc1Cl)C(=O)CSCc1cccc(Cl)c1. The Hall–Kier alpha value is -1.69. The van der Waals surface area contributed by atoms with Gasteiger partial charge in [0.1, 0.15) is 6.04 Å². The molecule has 4 nitrogen and oxygen atoms in total. The summed E-state index contributed by atoms with van der Waals surface area (Å²) in [4.78, 5) is 27.8. The van der Waals surface area contributed by atoms with Gasteiger partial charge in [0.2, 0.25) is 11.8 Å². The predicted molar refractivity (Wildman–Crippen MR) is 132 cm³/mol. The molecule has 2 amide bonds. The van der Waals surface area contributed by atoms with Gasteiger partial charge in [-0.3, -0.25) is 9.59 Å². The zero-order valence-electron chi connectivity index (χ0n) is 18.2. The van der Waals surface area contributed by atoms with Gasteiger partial charge in [-0.15, -0.1) is 11.8 Å². The maximum Gasteiger partial charge on any atom is 0.243 e. The minimum Gasteiger partial charge on any atom is -0.352 e. The van der Waals surface area contributed by atoms with Gasteiger partial charge >= 0.3 is 0 Å². The summed E-state index contributed by atoms with van der Waals surface area (Å²) in [5, 5.41) is 4.28. The molecule has 1 N–H and O–H groups in total. The molecule has 2 rings (SSSR count). The molecule has 0 radical (unpaired) electrons. The summed E-state index contributed by atoms with van der Waals surface area (Å²) in [5.74, 6) is 0.724. The standard InChI is InChI=1S/C24H30Cl2N2O2S/c1-4-17(3)27-24(30)22(5-2)28(14-19-10-6-7-12-21(19)26)23(29)16-31-15-18-9-8-11-20(25)13-18/h6-13,17,22H,4-5,14-16H2,1-3H3,(H,27,30). The summed E-state index contributed by atoms with van der Waals surface area (Å²) in [7, 11) is 0. The van der Waals surface area contributed by atoms with Crippen LogP contribution in [0.1, 0.15) is 44.7 Å². The van der Waals surface area contributed by atoms with E-state index in [4.69, 9.17) is 23.2 Å². The number of rotatable bonds is 11. The van der Waals surface area contributed by atoms with Crippen molar-refractivity contribution in [3.05, 3.63) is 69.7 Å². The maximum atomic E-state index is 13.2. The largest absolute Gasteiger partial charge is 0.352 e. The van der Waals surface area contributed by atoms with Crippen molar-refractivity contribution in [2.75, 3.05) is 5.75 Å². The lowest BCUT2D eigenvalue weighted by atomic mass is 10.1. The van der Waals surface area contributed by atoms with Crippen molar-refractivity contribution >= 4 is 46.8 Å². The van der Waals surface area contributed by atoms with Crippen LogP contribution in [0, 0.1) is 0 Å². The number of nitrogens with one attached hydrogen (secondary N) is 1. The van der Waals surface area contributed by atoms with E-state index in [-0.39, 0.29) is 23.6 Å². The molecule has 0 saturated carbocycles. The van der Waals surface area contributed by atoms with E-state index in [1.165, 1.54) is 11.8 Å². The highest BCUT2D eigenvalue weighted by Crippen LogP contribution is 2.22. The van der Waals surface area contributed by atoms with E-state index in [1.54, 1.807) is 11.0 Å². The van der Waals surface area contributed by atoms with Crippen LogP contribution in [0.2, 0.25) is 10.0 Å². The molecule has 0 heterocycles. The van der Waals surface area contributed by atoms with Crippen molar-refractivity contribution in [1.29, 1.82) is 0 Å². The molecule has 7 heteroatoms. The third kappa shape index (κ3) is 8.06. The van der Waals surface area contributed by atoms with Crippen molar-refractivity contribution in [2.24, 2.45) is 0 Å². The molecule has 0 saturated heterocycles. The Morgan fingerprint density at radius 1 is 1.06 bits per heavy atom. The molecule has 0 aromatic heterocycles. The van der Waals surface area contributed by atoms with Gasteiger partial charge in [0.25, 0.3) is 0 Å². The summed E-state index contributed by atoms with van der Waals surface area (Å²) < 4.78 is 0. The van der Waals surface area contributed by atoms with Gasteiger partial charge in [0.05, 0.1) is 5.75 Å². The van der Waals surface area contributed by atoms with Crippen molar-refractivity contribution in [3.63, 3.8) is 0 Å². The summed E-state index contributed by atoms with van der Waals surface area (Å²) in [5.41, 5.74) is 1.89. The Morgan fingerprint density at radius 3 is 2.45 bits per heavy atom. The molecule has 0 spiro atoms. The summed E-state index contributed by atoms with van der Waals surface area (Å²) in [6.07, 6.45) is 1.35. The second-order valence-electron chi connectivity index (χ2n) is 7.48. The van der Waals surface area contributed by atoms with Crippen LogP contribution in [0.4, 0.5) is 0 Å². The quantitative estimate of drug-likeness (QED) is 0.432. The summed E-state index contributed by atoms with van der Waals surface area (Å²) >= 11 is 13.9. The third-order valence-corrected chi connectivity index (χ3v) is 6.66. The van der Waals surface area contributed by atoms with Crippen LogP contribution in [-0.4, -0.2) is 34.6 Å². The molecule has 2 aromatic carbocycles. The smallest absolute Gasteiger partial charge is 0.243 e. The fourth-order valence-electron chi connectivity index (χ4n) is 3.14. The number of hydrogen-bond donors (Lipinski definition) is 1. The Labute approximate surface area is 199 Å². The molecular weight excluding hydrogens is 451 g/mol. The number of benzene rings is 2. The Morgan fingerprint density at radius 2 is 1.81 bits per heavy atom. The molecule has 168 valence electrons. The van der Waals surface area contributed by atoms with Gasteiger partial charge in [0, 0.05) is 28.4 Å². The first-order valence-electron chi connectivity index (χ1n) is 10.5. The van der Waals surface area contributed by atoms with E-state index >= 15 is 0 Å². The van der Waals surface area contributed by atoms with Crippen molar-refractivity contribution < 1.29 is 9.59 Å². The van der Waals surface area contributed by atoms with Gasteiger partial charge in [-0.05, 0) is 49.1 Å². The molecule has 0 aliphatic heterocycles. The number of carbonyl (C=O) groups is 2. The number of thioether (sulfide) groups is 1. The molecule has 2 aromatic rings. The van der Waals surface area contributed by atoms with Gasteiger partial charge in [-0.2, -0.15) is 0 Å². The third-order valence-electron chi connectivity index (χ3n) is 5.07. The van der Waals surface area contributed by atoms with Crippen LogP contribution in [0.25, 0.3) is 0 Å². The van der Waals surface area contributed by atoms with Crippen molar-refractivity contribution in [3.8, 4) is 0 Å². The van der Waals surface area contributed by atoms with Crippen molar-refractivity contribution in [1.82, 2.24) is 10.2 Å². The molecule has 2 unspecified atom stereocenters. The summed E-state index contributed by atoms with van der Waals surface area (Å²) in [6.45, 7) is 6.20. The molecule has 2 atom stereocenters. The first kappa shape index (κ1) is 25.6. The van der Waals surface area contributed by atoms with Crippen LogP contribution >= 0.6 is 35.0 Å². The number of carbonyl (C=O) groups excluding carboxylic acids is 2. The van der Waals surface area contributed by atoms with Crippen molar-refractivity contribution in [2.45, 2.75) is 58.0 Å². The minimum absolute atomic E-state index is 0.0519. The monoisotopic (exact) mass is 480 g/mol. The lowest BCUT2D eigenvalue weighted by molar-refractivity contribution is -0.139. The Balaban J connectivity index is 2.15. The molecule has 0 fully saturated rings. The fourth-order valence-corrected chi connectivity index (χ4v) is 4.40. The topological polar surface area (TPSA) is 49.4 Å². The lowest BCUT2D eigenvalue weighted by Crippen LogP contribution is -2.51. The maximum absolute atomic E-state index is 13.2. The summed E-state index contributed by atoms with van der Waals surface area (Å²) in [6, 6.07) is 14.5. The van der Waals surface area contributed by atoms with Crippen LogP contribution < -0.4 is 5.32 Å². The minimum atomic E-state index is -0.551. The van der Waals surface area contributed by atoms with Gasteiger partial charge in [-0.25, -0.2) is 0 Å². The number of amides is 2. The Kier molecular flexibility index (Phi) is 10.7. The molecule has 0 aliphatic carbocycles. The number of hydrogen-bond acceptors (Lipinski definition) is 3. The first-order valence-corrected chi connectivity index (χ1v) is 12.4. The van der Waals surface area contributed by atoms with Crippen LogP contribution in [0.5, 0.6) is 0 Å². The average Bonchev–Trinajstić information content (AvgIpc) is 2.74. The van der Waals surface area contributed by atoms with E-state index in [2.05, 4.69) is 5.32 Å².